The van der Waals surface area contributed by atoms with E-state index >= 15 is 0 Å². The molecule has 1 atom stereocenters. The Balaban J connectivity index is 3.38. The van der Waals surface area contributed by atoms with Crippen LogP contribution in [0.2, 0.25) is 5.25 Å². The van der Waals surface area contributed by atoms with Gasteiger partial charge >= 0.3 is 78.4 Å². The van der Waals surface area contributed by atoms with Crippen molar-refractivity contribution in [2.75, 3.05) is 0 Å². The first-order chi connectivity index (χ1) is 4.98. The Morgan fingerprint density at radius 1 is 1.45 bits per heavy atom. The second-order valence-corrected chi connectivity index (χ2v) is 5.62. The van der Waals surface area contributed by atoms with Crippen LogP contribution in [0.1, 0.15) is 40.0 Å². The van der Waals surface area contributed by atoms with Crippen LogP contribution >= 0.6 is 0 Å². The summed E-state index contributed by atoms with van der Waals surface area (Å²) in [5.41, 5.74) is -0.338. The first-order valence-electron chi connectivity index (χ1n) is 4.70. The fourth-order valence-corrected chi connectivity index (χ4v) is 1.81. The Kier molecular flexibility index (Phi) is 5.44. The summed E-state index contributed by atoms with van der Waals surface area (Å²) in [6.45, 7) is 6.44. The van der Waals surface area contributed by atoms with Crippen LogP contribution in [0.15, 0.2) is 0 Å². The second-order valence-electron chi connectivity index (χ2n) is 4.14. The van der Waals surface area contributed by atoms with Gasteiger partial charge in [-0.2, -0.15) is 0 Å². The first-order valence-corrected chi connectivity index (χ1v) is 7.67. The summed E-state index contributed by atoms with van der Waals surface area (Å²) in [4.78, 5) is 0. The fourth-order valence-electron chi connectivity index (χ4n) is 1.07. The van der Waals surface area contributed by atoms with E-state index in [1.807, 2.05) is 6.92 Å². The zero-order valence-corrected chi connectivity index (χ0v) is 12.5. The van der Waals surface area contributed by atoms with E-state index in [0.717, 1.165) is 34.1 Å². The molecule has 0 aromatic heterocycles. The molecule has 0 heterocycles. The zero-order valence-electron chi connectivity index (χ0n) is 8.35. The van der Waals surface area contributed by atoms with Crippen molar-refractivity contribution in [2.45, 2.75) is 50.9 Å². The van der Waals surface area contributed by atoms with E-state index in [2.05, 4.69) is 13.8 Å². The van der Waals surface area contributed by atoms with Crippen molar-refractivity contribution in [3.8, 4) is 0 Å². The number of hydrogen-bond donors (Lipinski definition) is 1. The molecule has 0 fully saturated rings. The molecule has 0 aromatic rings. The molecule has 0 aliphatic heterocycles. The van der Waals surface area contributed by atoms with Crippen molar-refractivity contribution in [1.29, 1.82) is 0 Å². The molecule has 1 nitrogen and oxygen atoms in total. The molecule has 0 spiro atoms. The number of rotatable bonds is 5. The van der Waals surface area contributed by atoms with Gasteiger partial charge in [0.15, 0.2) is 0 Å². The van der Waals surface area contributed by atoms with E-state index in [4.69, 9.17) is 0 Å². The van der Waals surface area contributed by atoms with Gasteiger partial charge in [0.1, 0.15) is 0 Å². The molecule has 0 radical (unpaired) electrons. The molecule has 0 amide bonds. The van der Waals surface area contributed by atoms with Crippen LogP contribution in [0.3, 0.4) is 0 Å². The van der Waals surface area contributed by atoms with E-state index < -0.39 is 0 Å². The summed E-state index contributed by atoms with van der Waals surface area (Å²) in [5.74, 6) is 0.782. The Hall–Kier alpha value is 0.503. The molecule has 0 rings (SSSR count). The number of aliphatic hydroxyl groups is 1. The molecule has 68 valence electrons. The van der Waals surface area contributed by atoms with Crippen molar-refractivity contribution in [1.82, 2.24) is 0 Å². The van der Waals surface area contributed by atoms with Gasteiger partial charge in [0.25, 0.3) is 0 Å². The Morgan fingerprint density at radius 3 is 2.36 bits per heavy atom. The third kappa shape index (κ3) is 6.88. The Bertz CT molecular complexity index is 99.7. The third-order valence-corrected chi connectivity index (χ3v) is 5.45. The summed E-state index contributed by atoms with van der Waals surface area (Å²) in [6, 6.07) is 0. The predicted octanol–water partition coefficient (Wildman–Crippen LogP) is 1.35. The van der Waals surface area contributed by atoms with Gasteiger partial charge in [-0.25, -0.2) is 0 Å². The predicted molar refractivity (Wildman–Crippen MR) is 54.1 cm³/mol. The standard InChI is InChI=1S/C9H22GeO/c1-8(2)5-4-6-9(3,11)7-10/h8,11H,4-7H2,1-3,10H3. The van der Waals surface area contributed by atoms with Crippen LogP contribution in [0.25, 0.3) is 0 Å². The van der Waals surface area contributed by atoms with Gasteiger partial charge in [0, 0.05) is 0 Å². The second kappa shape index (κ2) is 5.20. The molecule has 1 unspecified atom stereocenters. The molecule has 0 saturated carbocycles. The van der Waals surface area contributed by atoms with Gasteiger partial charge in [-0.05, 0) is 0 Å². The molecular weight excluding hydrogens is 197 g/mol. The minimum absolute atomic E-state index is 0.338. The van der Waals surface area contributed by atoms with Gasteiger partial charge in [0.2, 0.25) is 0 Å². The summed E-state index contributed by atoms with van der Waals surface area (Å²) < 4.78 is 0. The van der Waals surface area contributed by atoms with Crippen molar-refractivity contribution in [3.63, 3.8) is 0 Å². The molecule has 0 bridgehead atoms. The molecule has 0 aliphatic rings. The maximum atomic E-state index is 9.68. The van der Waals surface area contributed by atoms with E-state index in [-0.39, 0.29) is 5.60 Å². The first kappa shape index (κ1) is 11.5. The van der Waals surface area contributed by atoms with Crippen molar-refractivity contribution in [3.05, 3.63) is 0 Å². The van der Waals surface area contributed by atoms with Crippen LogP contribution in [0.4, 0.5) is 0 Å². The average Bonchev–Trinajstić information content (AvgIpc) is 1.87. The van der Waals surface area contributed by atoms with Crippen molar-refractivity contribution in [2.24, 2.45) is 5.92 Å². The molecule has 2 heteroatoms. The molecule has 0 aromatic carbocycles. The topological polar surface area (TPSA) is 20.2 Å². The quantitative estimate of drug-likeness (QED) is 0.691. The Morgan fingerprint density at radius 2 is 2.00 bits per heavy atom. The normalized spacial score (nSPS) is 17.2. The van der Waals surface area contributed by atoms with Gasteiger partial charge in [0.05, 0.1) is 0 Å². The van der Waals surface area contributed by atoms with Gasteiger partial charge < -0.3 is 0 Å². The molecular formula is C9H22GeO. The van der Waals surface area contributed by atoms with Crippen LogP contribution in [-0.2, 0) is 0 Å². The zero-order chi connectivity index (χ0) is 8.91. The minimum atomic E-state index is -0.338. The summed E-state index contributed by atoms with van der Waals surface area (Å²) in [6.07, 6.45) is 3.43. The van der Waals surface area contributed by atoms with Crippen LogP contribution in [0, 0.1) is 5.92 Å². The van der Waals surface area contributed by atoms with Crippen LogP contribution in [0.5, 0.6) is 0 Å². The van der Waals surface area contributed by atoms with E-state index in [9.17, 15) is 5.11 Å². The van der Waals surface area contributed by atoms with Crippen LogP contribution < -0.4 is 0 Å². The van der Waals surface area contributed by atoms with Crippen molar-refractivity contribution < 1.29 is 5.11 Å². The molecule has 0 saturated heterocycles. The van der Waals surface area contributed by atoms with Crippen LogP contribution in [-0.4, -0.2) is 27.2 Å². The maximum absolute atomic E-state index is 9.68. The van der Waals surface area contributed by atoms with E-state index in [1.54, 1.807) is 0 Å². The fraction of sp³-hybridized carbons (Fsp3) is 1.00. The average molecular weight is 219 g/mol. The monoisotopic (exact) mass is 220 g/mol. The van der Waals surface area contributed by atoms with Gasteiger partial charge in [-0.15, -0.1) is 0 Å². The van der Waals surface area contributed by atoms with E-state index in [1.165, 1.54) is 12.8 Å². The molecule has 1 N–H and O–H groups in total. The summed E-state index contributed by atoms with van der Waals surface area (Å²) in [5, 5.41) is 10.7. The molecule has 0 aliphatic carbocycles. The van der Waals surface area contributed by atoms with Gasteiger partial charge in [-0.1, -0.05) is 0 Å². The number of hydrogen-bond acceptors (Lipinski definition) is 1. The summed E-state index contributed by atoms with van der Waals surface area (Å²) >= 11 is 0.786. The van der Waals surface area contributed by atoms with Gasteiger partial charge in [-0.3, -0.25) is 0 Å². The Labute approximate surface area is 78.8 Å². The van der Waals surface area contributed by atoms with E-state index in [0.29, 0.717) is 0 Å². The summed E-state index contributed by atoms with van der Waals surface area (Å²) in [7, 11) is 0. The third-order valence-electron chi connectivity index (χ3n) is 2.26. The molecule has 11 heavy (non-hydrogen) atoms. The van der Waals surface area contributed by atoms with Crippen molar-refractivity contribution >= 4 is 16.5 Å². The SMILES string of the molecule is CC(C)CCCC(C)(O)[CH2][GeH3].